The van der Waals surface area contributed by atoms with E-state index in [2.05, 4.69) is 45.5 Å². The number of anilines is 2. The van der Waals surface area contributed by atoms with Crippen LogP contribution in [0.15, 0.2) is 30.6 Å². The van der Waals surface area contributed by atoms with Crippen LogP contribution in [0, 0.1) is 0 Å². The van der Waals surface area contributed by atoms with E-state index < -0.39 is 0 Å². The largest absolute Gasteiger partial charge is 0.373 e. The number of pyridine rings is 1. The molecule has 0 aliphatic heterocycles. The van der Waals surface area contributed by atoms with Gasteiger partial charge in [0.15, 0.2) is 0 Å². The third-order valence-electron chi connectivity index (χ3n) is 2.96. The molecule has 0 spiro atoms. The number of rotatable bonds is 6. The van der Waals surface area contributed by atoms with Gasteiger partial charge in [-0.15, -0.1) is 0 Å². The Morgan fingerprint density at radius 1 is 1.20 bits per heavy atom. The van der Waals surface area contributed by atoms with Crippen molar-refractivity contribution in [2.24, 2.45) is 0 Å². The summed E-state index contributed by atoms with van der Waals surface area (Å²) in [7, 11) is 1.87. The fraction of sp³-hybridized carbons (Fsp3) is 0.400. The molecular weight excluding hydrogens is 250 g/mol. The van der Waals surface area contributed by atoms with E-state index in [1.165, 1.54) is 5.56 Å². The molecule has 0 amide bonds. The van der Waals surface area contributed by atoms with Crippen molar-refractivity contribution in [3.63, 3.8) is 0 Å². The molecule has 2 heterocycles. The summed E-state index contributed by atoms with van der Waals surface area (Å²) >= 11 is 0. The molecular formula is C15H21N5. The Morgan fingerprint density at radius 2 is 2.00 bits per heavy atom. The van der Waals surface area contributed by atoms with Gasteiger partial charge >= 0.3 is 0 Å². The molecule has 0 aromatic carbocycles. The number of hydrogen-bond donors (Lipinski definition) is 2. The lowest BCUT2D eigenvalue weighted by atomic mass is 10.2. The van der Waals surface area contributed by atoms with Crippen molar-refractivity contribution in [3.05, 3.63) is 42.0 Å². The van der Waals surface area contributed by atoms with Crippen molar-refractivity contribution in [1.29, 1.82) is 0 Å². The van der Waals surface area contributed by atoms with Crippen LogP contribution in [0.1, 0.15) is 31.2 Å². The highest BCUT2D eigenvalue weighted by atomic mass is 15.1. The summed E-state index contributed by atoms with van der Waals surface area (Å²) in [5.74, 6) is 2.85. The molecule has 0 saturated carbocycles. The maximum atomic E-state index is 4.53. The predicted molar refractivity (Wildman–Crippen MR) is 82.1 cm³/mol. The Bertz CT molecular complexity index is 539. The van der Waals surface area contributed by atoms with E-state index in [1.807, 2.05) is 25.4 Å². The lowest BCUT2D eigenvalue weighted by Gasteiger charge is -2.11. The zero-order chi connectivity index (χ0) is 14.4. The van der Waals surface area contributed by atoms with E-state index in [0.29, 0.717) is 5.92 Å². The molecule has 0 atom stereocenters. The van der Waals surface area contributed by atoms with Crippen LogP contribution in [-0.4, -0.2) is 28.5 Å². The second-order valence-corrected chi connectivity index (χ2v) is 4.94. The third-order valence-corrected chi connectivity index (χ3v) is 2.96. The minimum absolute atomic E-state index is 0.308. The minimum atomic E-state index is 0.308. The standard InChI is InChI=1S/C15H21N5/c1-11(2)15-19-13(16-3)9-14(20-15)18-8-6-12-5-4-7-17-10-12/h4-5,7,9-11H,6,8H2,1-3H3,(H2,16,18,19,20). The molecule has 2 rings (SSSR count). The fourth-order valence-corrected chi connectivity index (χ4v) is 1.82. The summed E-state index contributed by atoms with van der Waals surface area (Å²) in [5, 5.41) is 6.41. The molecule has 106 valence electrons. The summed E-state index contributed by atoms with van der Waals surface area (Å²) in [6, 6.07) is 5.96. The van der Waals surface area contributed by atoms with Crippen LogP contribution in [0.4, 0.5) is 11.6 Å². The molecule has 2 aromatic heterocycles. The maximum absolute atomic E-state index is 4.53. The third kappa shape index (κ3) is 3.91. The lowest BCUT2D eigenvalue weighted by molar-refractivity contribution is 0.775. The SMILES string of the molecule is CNc1cc(NCCc2cccnc2)nc(C(C)C)n1. The molecule has 0 radical (unpaired) electrons. The van der Waals surface area contributed by atoms with Crippen molar-refractivity contribution in [2.45, 2.75) is 26.2 Å². The van der Waals surface area contributed by atoms with Gasteiger partial charge in [-0.3, -0.25) is 4.98 Å². The van der Waals surface area contributed by atoms with Crippen LogP contribution in [0.2, 0.25) is 0 Å². The molecule has 0 unspecified atom stereocenters. The molecule has 2 N–H and O–H groups in total. The minimum Gasteiger partial charge on any atom is -0.373 e. The van der Waals surface area contributed by atoms with Gasteiger partial charge in [0.1, 0.15) is 17.5 Å². The van der Waals surface area contributed by atoms with Gasteiger partial charge in [-0.1, -0.05) is 19.9 Å². The molecule has 0 aliphatic carbocycles. The van der Waals surface area contributed by atoms with E-state index in [9.17, 15) is 0 Å². The number of nitrogens with zero attached hydrogens (tertiary/aromatic N) is 3. The Kier molecular flexibility index (Phi) is 4.87. The summed E-state index contributed by atoms with van der Waals surface area (Å²) in [5.41, 5.74) is 1.21. The predicted octanol–water partition coefficient (Wildman–Crippen LogP) is 2.69. The summed E-state index contributed by atoms with van der Waals surface area (Å²) < 4.78 is 0. The average molecular weight is 271 g/mol. The number of hydrogen-bond acceptors (Lipinski definition) is 5. The highest BCUT2D eigenvalue weighted by Crippen LogP contribution is 2.16. The van der Waals surface area contributed by atoms with Gasteiger partial charge in [0.2, 0.25) is 0 Å². The summed E-state index contributed by atoms with van der Waals surface area (Å²) in [6.07, 6.45) is 4.60. The van der Waals surface area contributed by atoms with Gasteiger partial charge in [0.05, 0.1) is 0 Å². The summed E-state index contributed by atoms with van der Waals surface area (Å²) in [6.45, 7) is 5.01. The molecule has 0 fully saturated rings. The molecule has 0 bridgehead atoms. The highest BCUT2D eigenvalue weighted by molar-refractivity contribution is 5.47. The first-order valence-electron chi connectivity index (χ1n) is 6.88. The Labute approximate surface area is 119 Å². The molecule has 5 heteroatoms. The van der Waals surface area contributed by atoms with E-state index in [4.69, 9.17) is 0 Å². The zero-order valence-electron chi connectivity index (χ0n) is 12.2. The van der Waals surface area contributed by atoms with Crippen LogP contribution in [-0.2, 0) is 6.42 Å². The Hall–Kier alpha value is -2.17. The monoisotopic (exact) mass is 271 g/mol. The van der Waals surface area contributed by atoms with Crippen molar-refractivity contribution >= 4 is 11.6 Å². The second kappa shape index (κ2) is 6.84. The van der Waals surface area contributed by atoms with Crippen molar-refractivity contribution in [2.75, 3.05) is 24.2 Å². The van der Waals surface area contributed by atoms with Crippen LogP contribution in [0.5, 0.6) is 0 Å². The van der Waals surface area contributed by atoms with E-state index in [-0.39, 0.29) is 0 Å². The van der Waals surface area contributed by atoms with Gasteiger partial charge in [0.25, 0.3) is 0 Å². The molecule has 2 aromatic rings. The van der Waals surface area contributed by atoms with Crippen molar-refractivity contribution in [1.82, 2.24) is 15.0 Å². The van der Waals surface area contributed by atoms with Crippen LogP contribution in [0.25, 0.3) is 0 Å². The van der Waals surface area contributed by atoms with Crippen molar-refractivity contribution in [3.8, 4) is 0 Å². The first-order chi connectivity index (χ1) is 9.69. The van der Waals surface area contributed by atoms with Crippen molar-refractivity contribution < 1.29 is 0 Å². The van der Waals surface area contributed by atoms with E-state index in [0.717, 1.165) is 30.4 Å². The van der Waals surface area contributed by atoms with Gasteiger partial charge in [-0.05, 0) is 18.1 Å². The Balaban J connectivity index is 2.00. The average Bonchev–Trinajstić information content (AvgIpc) is 2.48. The van der Waals surface area contributed by atoms with Gasteiger partial charge < -0.3 is 10.6 Å². The number of aromatic nitrogens is 3. The summed E-state index contributed by atoms with van der Waals surface area (Å²) in [4.78, 5) is 13.1. The normalized spacial score (nSPS) is 10.6. The smallest absolute Gasteiger partial charge is 0.135 e. The fourth-order valence-electron chi connectivity index (χ4n) is 1.82. The van der Waals surface area contributed by atoms with Gasteiger partial charge in [-0.25, -0.2) is 9.97 Å². The van der Waals surface area contributed by atoms with Gasteiger partial charge in [-0.2, -0.15) is 0 Å². The Morgan fingerprint density at radius 3 is 2.65 bits per heavy atom. The van der Waals surface area contributed by atoms with E-state index in [1.54, 1.807) is 6.20 Å². The molecule has 20 heavy (non-hydrogen) atoms. The van der Waals surface area contributed by atoms with E-state index >= 15 is 0 Å². The first kappa shape index (κ1) is 14.2. The van der Waals surface area contributed by atoms with Gasteiger partial charge in [0, 0.05) is 38.0 Å². The second-order valence-electron chi connectivity index (χ2n) is 4.94. The molecule has 0 saturated heterocycles. The quantitative estimate of drug-likeness (QED) is 0.845. The lowest BCUT2D eigenvalue weighted by Crippen LogP contribution is -2.10. The van der Waals surface area contributed by atoms with Crippen LogP contribution < -0.4 is 10.6 Å². The first-order valence-corrected chi connectivity index (χ1v) is 6.88. The van der Waals surface area contributed by atoms with Crippen LogP contribution in [0.3, 0.4) is 0 Å². The maximum Gasteiger partial charge on any atom is 0.135 e. The molecule has 5 nitrogen and oxygen atoms in total. The number of nitrogens with one attached hydrogen (secondary N) is 2. The topological polar surface area (TPSA) is 62.7 Å². The zero-order valence-corrected chi connectivity index (χ0v) is 12.2. The highest BCUT2D eigenvalue weighted by Gasteiger charge is 2.07. The molecule has 0 aliphatic rings. The van der Waals surface area contributed by atoms with Crippen LogP contribution >= 0.6 is 0 Å².